The van der Waals surface area contributed by atoms with Crippen molar-refractivity contribution in [1.29, 1.82) is 0 Å². The molecule has 2 radical (unpaired) electrons. The molecule has 1 saturated heterocycles. The monoisotopic (exact) mass is 205 g/mol. The van der Waals surface area contributed by atoms with Crippen LogP contribution in [0.1, 0.15) is 24.3 Å². The summed E-state index contributed by atoms with van der Waals surface area (Å²) in [5, 5.41) is 0. The summed E-state index contributed by atoms with van der Waals surface area (Å²) < 4.78 is 10.3. The average molecular weight is 205 g/mol. The smallest absolute Gasteiger partial charge is 0.146 e. The summed E-state index contributed by atoms with van der Waals surface area (Å²) in [6.45, 7) is 1.63. The van der Waals surface area contributed by atoms with Crippen LogP contribution in [0, 0.1) is 0 Å². The topological polar surface area (TPSA) is 40.8 Å². The van der Waals surface area contributed by atoms with Crippen LogP contribution in [0.5, 0.6) is 5.75 Å². The highest BCUT2D eigenvalue weighted by atomic mass is 16.5. The van der Waals surface area contributed by atoms with Gasteiger partial charge in [-0.3, -0.25) is 0 Å². The molecule has 0 N–H and O–H groups in total. The summed E-state index contributed by atoms with van der Waals surface area (Å²) in [6.07, 6.45) is 2.07. The maximum atomic E-state index is 9.67. The second-order valence-electron chi connectivity index (χ2n) is 3.82. The number of benzene rings is 1. The molecule has 0 aromatic heterocycles. The highest BCUT2D eigenvalue weighted by Gasteiger charge is 2.16. The van der Waals surface area contributed by atoms with Crippen molar-refractivity contribution in [3.05, 3.63) is 23.8 Å². The molecule has 2 rings (SSSR count). The fraction of sp³-hybridized carbons (Fsp3) is 0.500. The number of methoxy groups -OCH3 is 1. The van der Waals surface area contributed by atoms with E-state index in [-0.39, 0.29) is 5.69 Å². The van der Waals surface area contributed by atoms with Gasteiger partial charge in [-0.15, -0.1) is 5.73 Å². The SMILES string of the molecule is COc1ccc(C2CCOCC2)cc1[N]. The Morgan fingerprint density at radius 2 is 2.07 bits per heavy atom. The first-order valence-electron chi connectivity index (χ1n) is 5.26. The lowest BCUT2D eigenvalue weighted by atomic mass is 9.91. The maximum Gasteiger partial charge on any atom is 0.146 e. The fourth-order valence-corrected chi connectivity index (χ4v) is 1.99. The summed E-state index contributed by atoms with van der Waals surface area (Å²) in [5.41, 5.74) is 11.1. The maximum absolute atomic E-state index is 9.67. The molecule has 1 aromatic carbocycles. The first-order valence-corrected chi connectivity index (χ1v) is 5.26. The molecule has 15 heavy (non-hydrogen) atoms. The molecule has 3 nitrogen and oxygen atoms in total. The number of hydrogen-bond donors (Lipinski definition) is 0. The molecule has 3 heteroatoms. The van der Waals surface area contributed by atoms with E-state index in [0.717, 1.165) is 26.1 Å². The van der Waals surface area contributed by atoms with Crippen molar-refractivity contribution in [1.82, 2.24) is 5.73 Å². The summed E-state index contributed by atoms with van der Waals surface area (Å²) in [5.74, 6) is 1.04. The zero-order valence-electron chi connectivity index (χ0n) is 8.90. The van der Waals surface area contributed by atoms with Crippen LogP contribution in [0.25, 0.3) is 0 Å². The first-order chi connectivity index (χ1) is 7.31. The summed E-state index contributed by atoms with van der Waals surface area (Å²) in [4.78, 5) is 0. The average Bonchev–Trinajstić information content (AvgIpc) is 2.30. The Labute approximate surface area is 90.2 Å². The van der Waals surface area contributed by atoms with Crippen molar-refractivity contribution >= 4 is 5.69 Å². The lowest BCUT2D eigenvalue weighted by Crippen LogP contribution is -2.14. The van der Waals surface area contributed by atoms with Crippen molar-refractivity contribution in [3.8, 4) is 5.75 Å². The lowest BCUT2D eigenvalue weighted by molar-refractivity contribution is 0.0853. The molecular weight excluding hydrogens is 190 g/mol. The molecule has 1 aliphatic rings. The van der Waals surface area contributed by atoms with Crippen molar-refractivity contribution in [2.75, 3.05) is 20.3 Å². The zero-order chi connectivity index (χ0) is 10.7. The van der Waals surface area contributed by atoms with Crippen molar-refractivity contribution < 1.29 is 9.47 Å². The van der Waals surface area contributed by atoms with Gasteiger partial charge in [0.05, 0.1) is 7.11 Å². The molecule has 1 aromatic rings. The van der Waals surface area contributed by atoms with Gasteiger partial charge in [0.15, 0.2) is 0 Å². The second kappa shape index (κ2) is 4.53. The predicted octanol–water partition coefficient (Wildman–Crippen LogP) is 2.29. The Hall–Kier alpha value is -1.22. The molecule has 1 aliphatic heterocycles. The lowest BCUT2D eigenvalue weighted by Gasteiger charge is -2.22. The third kappa shape index (κ3) is 2.23. The van der Waals surface area contributed by atoms with E-state index in [0.29, 0.717) is 11.7 Å². The van der Waals surface area contributed by atoms with Gasteiger partial charge in [0.1, 0.15) is 11.4 Å². The van der Waals surface area contributed by atoms with Crippen LogP contribution in [-0.2, 0) is 4.74 Å². The Balaban J connectivity index is 2.17. The summed E-state index contributed by atoms with van der Waals surface area (Å²) in [7, 11) is 1.56. The van der Waals surface area contributed by atoms with Gasteiger partial charge in [0, 0.05) is 13.2 Å². The van der Waals surface area contributed by atoms with E-state index in [1.165, 1.54) is 5.56 Å². The van der Waals surface area contributed by atoms with Gasteiger partial charge in [-0.05, 0) is 36.5 Å². The predicted molar refractivity (Wildman–Crippen MR) is 57.6 cm³/mol. The number of rotatable bonds is 2. The van der Waals surface area contributed by atoms with Gasteiger partial charge >= 0.3 is 0 Å². The van der Waals surface area contributed by atoms with Crippen LogP contribution in [0.15, 0.2) is 18.2 Å². The molecule has 0 bridgehead atoms. The van der Waals surface area contributed by atoms with E-state index in [2.05, 4.69) is 0 Å². The Morgan fingerprint density at radius 1 is 1.33 bits per heavy atom. The largest absolute Gasteiger partial charge is 0.494 e. The van der Waals surface area contributed by atoms with Gasteiger partial charge in [0.2, 0.25) is 0 Å². The van der Waals surface area contributed by atoms with Gasteiger partial charge in [-0.25, -0.2) is 0 Å². The van der Waals surface area contributed by atoms with Crippen molar-refractivity contribution in [3.63, 3.8) is 0 Å². The molecule has 0 saturated carbocycles. The fourth-order valence-electron chi connectivity index (χ4n) is 1.99. The van der Waals surface area contributed by atoms with Gasteiger partial charge in [-0.1, -0.05) is 6.07 Å². The third-order valence-electron chi connectivity index (χ3n) is 2.90. The van der Waals surface area contributed by atoms with Gasteiger partial charge < -0.3 is 9.47 Å². The Bertz CT molecular complexity index is 332. The van der Waals surface area contributed by atoms with E-state index in [4.69, 9.17) is 9.47 Å². The second-order valence-corrected chi connectivity index (χ2v) is 3.82. The third-order valence-corrected chi connectivity index (χ3v) is 2.90. The van der Waals surface area contributed by atoms with Crippen LogP contribution < -0.4 is 10.5 Å². The number of ether oxygens (including phenoxy) is 2. The van der Waals surface area contributed by atoms with Crippen LogP contribution in [0.3, 0.4) is 0 Å². The molecule has 0 amide bonds. The van der Waals surface area contributed by atoms with E-state index < -0.39 is 0 Å². The van der Waals surface area contributed by atoms with Crippen LogP contribution >= 0.6 is 0 Å². The van der Waals surface area contributed by atoms with E-state index in [1.807, 2.05) is 12.1 Å². The quantitative estimate of drug-likeness (QED) is 0.743. The molecule has 80 valence electrons. The molecule has 0 spiro atoms. The summed E-state index contributed by atoms with van der Waals surface area (Å²) in [6, 6.07) is 5.64. The van der Waals surface area contributed by atoms with E-state index in [1.54, 1.807) is 13.2 Å². The minimum Gasteiger partial charge on any atom is -0.494 e. The molecular formula is C12H15NO2. The minimum absolute atomic E-state index is 0.224. The van der Waals surface area contributed by atoms with Crippen LogP contribution in [0.4, 0.5) is 5.69 Å². The van der Waals surface area contributed by atoms with Crippen LogP contribution in [-0.4, -0.2) is 20.3 Å². The van der Waals surface area contributed by atoms with Gasteiger partial charge in [-0.2, -0.15) is 0 Å². The number of nitrogens with zero attached hydrogens (tertiary/aromatic N) is 1. The summed E-state index contributed by atoms with van der Waals surface area (Å²) >= 11 is 0. The molecule has 0 aliphatic carbocycles. The van der Waals surface area contributed by atoms with E-state index in [9.17, 15) is 5.73 Å². The number of hydrogen-bond acceptors (Lipinski definition) is 2. The normalized spacial score (nSPS) is 17.7. The molecule has 1 fully saturated rings. The molecule has 0 unspecified atom stereocenters. The Morgan fingerprint density at radius 3 is 2.67 bits per heavy atom. The highest BCUT2D eigenvalue weighted by Crippen LogP contribution is 2.32. The zero-order valence-corrected chi connectivity index (χ0v) is 8.90. The highest BCUT2D eigenvalue weighted by molar-refractivity contribution is 5.52. The van der Waals surface area contributed by atoms with E-state index >= 15 is 0 Å². The minimum atomic E-state index is 0.224. The standard InChI is InChI=1S/C12H15NO2/c1-14-12-3-2-10(8-11(12)13)9-4-6-15-7-5-9/h2-3,8-9H,4-7H2,1H3. The molecule has 0 atom stereocenters. The first kappa shape index (κ1) is 10.3. The Kier molecular flexibility index (Phi) is 3.11. The van der Waals surface area contributed by atoms with Gasteiger partial charge in [0.25, 0.3) is 0 Å². The molecule has 1 heterocycles. The van der Waals surface area contributed by atoms with Crippen LogP contribution in [0.2, 0.25) is 0 Å². The van der Waals surface area contributed by atoms with Crippen molar-refractivity contribution in [2.24, 2.45) is 0 Å². The van der Waals surface area contributed by atoms with Crippen molar-refractivity contribution in [2.45, 2.75) is 18.8 Å².